The third-order valence-corrected chi connectivity index (χ3v) is 5.43. The normalized spacial score (nSPS) is 21.1. The van der Waals surface area contributed by atoms with Crippen molar-refractivity contribution in [2.24, 2.45) is 5.41 Å². The van der Waals surface area contributed by atoms with E-state index in [2.05, 4.69) is 4.74 Å². The summed E-state index contributed by atoms with van der Waals surface area (Å²) in [6.07, 6.45) is -0.0410. The molecular weight excluding hydrogens is 430 g/mol. The Balaban J connectivity index is 2.93. The molecule has 29 heavy (non-hydrogen) atoms. The van der Waals surface area contributed by atoms with Gasteiger partial charge in [0.2, 0.25) is 17.5 Å². The molecule has 0 unspecified atom stereocenters. The summed E-state index contributed by atoms with van der Waals surface area (Å²) in [6, 6.07) is 0. The summed E-state index contributed by atoms with van der Waals surface area (Å²) in [7, 11) is 0. The lowest BCUT2D eigenvalue weighted by Crippen LogP contribution is -2.76. The van der Waals surface area contributed by atoms with Crippen molar-refractivity contribution >= 4 is 58.2 Å². The minimum Gasteiger partial charge on any atom is -0.446 e. The fourth-order valence-corrected chi connectivity index (χ4v) is 3.63. The van der Waals surface area contributed by atoms with Gasteiger partial charge in [-0.05, 0) is 27.2 Å². The number of carbonyl (C=O) groups excluding carboxylic acids is 6. The van der Waals surface area contributed by atoms with Crippen molar-refractivity contribution in [3.05, 3.63) is 0 Å². The van der Waals surface area contributed by atoms with Crippen molar-refractivity contribution in [2.75, 3.05) is 12.7 Å². The van der Waals surface area contributed by atoms with Gasteiger partial charge in [-0.3, -0.25) is 28.9 Å². The van der Waals surface area contributed by atoms with Crippen LogP contribution in [0.4, 0.5) is 0 Å². The molecule has 1 fully saturated rings. The van der Waals surface area contributed by atoms with Crippen LogP contribution in [-0.4, -0.2) is 63.4 Å². The molecule has 1 rings (SSSR count). The zero-order chi connectivity index (χ0) is 22.6. The minimum absolute atomic E-state index is 0.0410. The van der Waals surface area contributed by atoms with Crippen molar-refractivity contribution in [1.29, 1.82) is 0 Å². The van der Waals surface area contributed by atoms with Gasteiger partial charge in [0.25, 0.3) is 5.91 Å². The van der Waals surface area contributed by atoms with Crippen molar-refractivity contribution < 1.29 is 43.0 Å². The van der Waals surface area contributed by atoms with Crippen LogP contribution in [0.3, 0.4) is 0 Å². The summed E-state index contributed by atoms with van der Waals surface area (Å²) < 4.78 is 14.4. The maximum Gasteiger partial charge on any atom is 0.400 e. The van der Waals surface area contributed by atoms with Crippen LogP contribution < -0.4 is 0 Å². The maximum atomic E-state index is 12.6. The molecule has 1 aliphatic heterocycles. The predicted molar refractivity (Wildman–Crippen MR) is 100 cm³/mol. The van der Waals surface area contributed by atoms with Crippen LogP contribution in [0.5, 0.6) is 0 Å². The molecule has 2 amide bonds. The summed E-state index contributed by atoms with van der Waals surface area (Å²) in [6.45, 7) is 6.50. The van der Waals surface area contributed by atoms with E-state index in [1.807, 2.05) is 0 Å². The number of amides is 2. The number of β-lactam (4-membered cyclic amide) rings is 1. The highest BCUT2D eigenvalue weighted by Gasteiger charge is 2.67. The van der Waals surface area contributed by atoms with Crippen molar-refractivity contribution in [3.8, 4) is 0 Å². The SMILES string of the molecule is CC[C@@]1(OC(C)=O)C(=O)N(C(=O)C(=O)OCOC(=O)C(C)(C)C)[C@@H]1SC(=O)CCl. The molecule has 0 spiro atoms. The van der Waals surface area contributed by atoms with Crippen LogP contribution in [0.2, 0.25) is 0 Å². The fraction of sp³-hybridized carbons (Fsp3) is 0.647. The Hall–Kier alpha value is -2.14. The Bertz CT molecular complexity index is 733. The summed E-state index contributed by atoms with van der Waals surface area (Å²) in [5.74, 6) is -5.73. The van der Waals surface area contributed by atoms with Crippen molar-refractivity contribution in [1.82, 2.24) is 4.90 Å². The zero-order valence-electron chi connectivity index (χ0n) is 16.6. The van der Waals surface area contributed by atoms with Gasteiger partial charge >= 0.3 is 23.8 Å². The molecule has 0 N–H and O–H groups in total. The second-order valence-electron chi connectivity index (χ2n) is 7.02. The van der Waals surface area contributed by atoms with Crippen LogP contribution in [0.15, 0.2) is 0 Å². The first-order valence-corrected chi connectivity index (χ1v) is 9.90. The highest BCUT2D eigenvalue weighted by Crippen LogP contribution is 2.44. The molecule has 0 radical (unpaired) electrons. The lowest BCUT2D eigenvalue weighted by molar-refractivity contribution is -0.203. The van der Waals surface area contributed by atoms with Gasteiger partial charge < -0.3 is 14.2 Å². The summed E-state index contributed by atoms with van der Waals surface area (Å²) >= 11 is 5.97. The van der Waals surface area contributed by atoms with E-state index in [4.69, 9.17) is 21.1 Å². The van der Waals surface area contributed by atoms with Gasteiger partial charge in [-0.1, -0.05) is 18.7 Å². The Morgan fingerprint density at radius 2 is 1.76 bits per heavy atom. The van der Waals surface area contributed by atoms with Gasteiger partial charge in [0.15, 0.2) is 0 Å². The zero-order valence-corrected chi connectivity index (χ0v) is 18.2. The Morgan fingerprint density at radius 1 is 1.17 bits per heavy atom. The van der Waals surface area contributed by atoms with E-state index >= 15 is 0 Å². The summed E-state index contributed by atoms with van der Waals surface area (Å²) in [5.41, 5.74) is -2.63. The first kappa shape index (κ1) is 24.9. The Labute approximate surface area is 176 Å². The van der Waals surface area contributed by atoms with E-state index in [0.29, 0.717) is 16.7 Å². The number of carbonyl (C=O) groups is 6. The van der Waals surface area contributed by atoms with E-state index in [1.165, 1.54) is 6.92 Å². The molecule has 12 heteroatoms. The predicted octanol–water partition coefficient (Wildman–Crippen LogP) is 0.982. The van der Waals surface area contributed by atoms with Gasteiger partial charge in [-0.15, -0.1) is 11.6 Å². The molecular formula is C17H22ClNO9S. The van der Waals surface area contributed by atoms with Crippen LogP contribution in [0.25, 0.3) is 0 Å². The molecule has 0 saturated carbocycles. The van der Waals surface area contributed by atoms with E-state index in [1.54, 1.807) is 20.8 Å². The molecule has 162 valence electrons. The minimum atomic E-state index is -1.78. The molecule has 10 nitrogen and oxygen atoms in total. The van der Waals surface area contributed by atoms with Crippen LogP contribution in [0.1, 0.15) is 41.0 Å². The average Bonchev–Trinajstić information content (AvgIpc) is 2.63. The third-order valence-electron chi connectivity index (χ3n) is 3.80. The Kier molecular flexibility index (Phi) is 8.22. The lowest BCUT2D eigenvalue weighted by Gasteiger charge is -2.51. The van der Waals surface area contributed by atoms with Gasteiger partial charge in [0.05, 0.1) is 11.3 Å². The molecule has 1 saturated heterocycles. The third kappa shape index (κ3) is 5.47. The molecule has 0 bridgehead atoms. The van der Waals surface area contributed by atoms with E-state index in [9.17, 15) is 28.8 Å². The van der Waals surface area contributed by atoms with Crippen molar-refractivity contribution in [2.45, 2.75) is 52.0 Å². The molecule has 0 aromatic heterocycles. The van der Waals surface area contributed by atoms with Gasteiger partial charge in [-0.25, -0.2) is 4.79 Å². The topological polar surface area (TPSA) is 133 Å². The number of esters is 3. The molecule has 1 aliphatic rings. The van der Waals surface area contributed by atoms with Crippen LogP contribution in [0, 0.1) is 5.41 Å². The van der Waals surface area contributed by atoms with Gasteiger partial charge in [-0.2, -0.15) is 0 Å². The summed E-state index contributed by atoms with van der Waals surface area (Å²) in [5, 5.41) is -1.88. The first-order valence-electron chi connectivity index (χ1n) is 8.48. The molecule has 0 aliphatic carbocycles. The number of nitrogens with zero attached hydrogens (tertiary/aromatic N) is 1. The second-order valence-corrected chi connectivity index (χ2v) is 8.43. The molecule has 0 aromatic rings. The number of hydrogen-bond donors (Lipinski definition) is 0. The smallest absolute Gasteiger partial charge is 0.400 e. The molecule has 0 aromatic carbocycles. The van der Waals surface area contributed by atoms with E-state index < -0.39 is 63.9 Å². The number of thioether (sulfide) groups is 1. The number of likely N-dealkylation sites (tertiary alicyclic amines) is 1. The largest absolute Gasteiger partial charge is 0.446 e. The quantitative estimate of drug-likeness (QED) is 0.189. The maximum absolute atomic E-state index is 12.6. The lowest BCUT2D eigenvalue weighted by atomic mass is 9.88. The number of ether oxygens (including phenoxy) is 3. The number of rotatable bonds is 6. The molecule has 1 heterocycles. The fourth-order valence-electron chi connectivity index (χ4n) is 2.32. The van der Waals surface area contributed by atoms with Gasteiger partial charge in [0.1, 0.15) is 5.37 Å². The first-order chi connectivity index (χ1) is 13.3. The van der Waals surface area contributed by atoms with Crippen LogP contribution >= 0.6 is 23.4 Å². The summed E-state index contributed by atoms with van der Waals surface area (Å²) in [4.78, 5) is 72.2. The average molecular weight is 452 g/mol. The highest BCUT2D eigenvalue weighted by molar-refractivity contribution is 8.14. The monoisotopic (exact) mass is 451 g/mol. The number of hydrogen-bond acceptors (Lipinski definition) is 10. The number of halogens is 1. The van der Waals surface area contributed by atoms with Crippen molar-refractivity contribution in [3.63, 3.8) is 0 Å². The highest BCUT2D eigenvalue weighted by atomic mass is 35.5. The van der Waals surface area contributed by atoms with Gasteiger partial charge in [0, 0.05) is 6.92 Å². The number of imide groups is 1. The molecule has 2 atom stereocenters. The number of alkyl halides is 1. The van der Waals surface area contributed by atoms with Crippen LogP contribution in [-0.2, 0) is 43.0 Å². The Morgan fingerprint density at radius 3 is 2.21 bits per heavy atom. The van der Waals surface area contributed by atoms with E-state index in [-0.39, 0.29) is 6.42 Å². The standard InChI is InChI=1S/C17H22ClNO9S/c1-6-17(28-9(2)20)13(24)19(14(17)29-10(21)7-18)11(22)12(23)26-8-27-15(25)16(3,4)5/h14H,6-8H2,1-5H3/t14-,17-/m1/s1. The second kappa shape index (κ2) is 9.57. The van der Waals surface area contributed by atoms with E-state index in [0.717, 1.165) is 6.92 Å².